The number of hydrogen-bond donors (Lipinski definition) is 1. The molecule has 1 aromatic rings. The summed E-state index contributed by atoms with van der Waals surface area (Å²) in [6.07, 6.45) is 2.62. The van der Waals surface area contributed by atoms with Crippen LogP contribution in [-0.4, -0.2) is 32.1 Å². The van der Waals surface area contributed by atoms with E-state index in [4.69, 9.17) is 4.74 Å². The van der Waals surface area contributed by atoms with Gasteiger partial charge >= 0.3 is 0 Å². The van der Waals surface area contributed by atoms with E-state index in [0.717, 1.165) is 31.4 Å². The summed E-state index contributed by atoms with van der Waals surface area (Å²) in [5.41, 5.74) is 0. The standard InChI is InChI=1S/C14H21NOS/c1-2-6-14(7-3-1)17-10-9-16-12-13-5-4-8-15-11-13/h1-3,6-7,13,15H,4-5,8-12H2. The van der Waals surface area contributed by atoms with Gasteiger partial charge in [-0.1, -0.05) is 18.2 Å². The van der Waals surface area contributed by atoms with E-state index in [1.54, 1.807) is 0 Å². The number of thioether (sulfide) groups is 1. The molecule has 1 saturated heterocycles. The van der Waals surface area contributed by atoms with E-state index in [-0.39, 0.29) is 0 Å². The maximum atomic E-state index is 5.73. The summed E-state index contributed by atoms with van der Waals surface area (Å²) < 4.78 is 5.73. The van der Waals surface area contributed by atoms with E-state index < -0.39 is 0 Å². The SMILES string of the molecule is c1ccc(SCCOCC2CCCNC2)cc1. The fraction of sp³-hybridized carbons (Fsp3) is 0.571. The fourth-order valence-corrected chi connectivity index (χ4v) is 2.84. The van der Waals surface area contributed by atoms with Gasteiger partial charge in [0.05, 0.1) is 13.2 Å². The van der Waals surface area contributed by atoms with Gasteiger partial charge in [-0.25, -0.2) is 0 Å². The molecule has 0 amide bonds. The van der Waals surface area contributed by atoms with Crippen LogP contribution in [0.15, 0.2) is 35.2 Å². The van der Waals surface area contributed by atoms with Crippen molar-refractivity contribution < 1.29 is 4.74 Å². The van der Waals surface area contributed by atoms with Crippen LogP contribution >= 0.6 is 11.8 Å². The summed E-state index contributed by atoms with van der Waals surface area (Å²) in [4.78, 5) is 1.33. The lowest BCUT2D eigenvalue weighted by Gasteiger charge is -2.22. The molecule has 1 N–H and O–H groups in total. The molecule has 1 aromatic carbocycles. The number of hydrogen-bond acceptors (Lipinski definition) is 3. The molecule has 0 aliphatic carbocycles. The van der Waals surface area contributed by atoms with Crippen LogP contribution in [0.5, 0.6) is 0 Å². The molecule has 2 nitrogen and oxygen atoms in total. The van der Waals surface area contributed by atoms with Crippen LogP contribution in [0, 0.1) is 5.92 Å². The third-order valence-corrected chi connectivity index (χ3v) is 3.97. The molecule has 0 radical (unpaired) electrons. The molecule has 1 aliphatic heterocycles. The first-order valence-electron chi connectivity index (χ1n) is 6.41. The molecule has 1 heterocycles. The first kappa shape index (κ1) is 12.9. The smallest absolute Gasteiger partial charge is 0.0560 e. The van der Waals surface area contributed by atoms with Crippen LogP contribution < -0.4 is 5.32 Å². The van der Waals surface area contributed by atoms with Crippen LogP contribution in [0.25, 0.3) is 0 Å². The Morgan fingerprint density at radius 1 is 1.29 bits per heavy atom. The van der Waals surface area contributed by atoms with Gasteiger partial charge in [0.25, 0.3) is 0 Å². The molecule has 0 saturated carbocycles. The number of ether oxygens (including phenoxy) is 1. The summed E-state index contributed by atoms with van der Waals surface area (Å²) in [6.45, 7) is 4.09. The largest absolute Gasteiger partial charge is 0.380 e. The van der Waals surface area contributed by atoms with E-state index in [0.29, 0.717) is 0 Å². The van der Waals surface area contributed by atoms with Crippen molar-refractivity contribution in [3.63, 3.8) is 0 Å². The van der Waals surface area contributed by atoms with E-state index >= 15 is 0 Å². The highest BCUT2D eigenvalue weighted by Crippen LogP contribution is 2.16. The second-order valence-corrected chi connectivity index (χ2v) is 5.62. The molecule has 0 aromatic heterocycles. The Kier molecular flexibility index (Phi) is 5.89. The highest BCUT2D eigenvalue weighted by atomic mass is 32.2. The lowest BCUT2D eigenvalue weighted by atomic mass is 10.0. The van der Waals surface area contributed by atoms with Gasteiger partial charge in [0.1, 0.15) is 0 Å². The Balaban J connectivity index is 1.51. The molecule has 1 aliphatic rings. The second-order valence-electron chi connectivity index (χ2n) is 4.45. The molecule has 94 valence electrons. The Bertz CT molecular complexity index is 298. The van der Waals surface area contributed by atoms with Crippen molar-refractivity contribution in [2.75, 3.05) is 32.1 Å². The fourth-order valence-electron chi connectivity index (χ4n) is 2.05. The maximum absolute atomic E-state index is 5.73. The van der Waals surface area contributed by atoms with Gasteiger partial charge in [-0.05, 0) is 37.4 Å². The first-order chi connectivity index (χ1) is 8.45. The normalized spacial score (nSPS) is 20.4. The predicted octanol–water partition coefficient (Wildman–Crippen LogP) is 2.79. The van der Waals surface area contributed by atoms with Crippen LogP contribution in [0.3, 0.4) is 0 Å². The van der Waals surface area contributed by atoms with Gasteiger partial charge in [-0.15, -0.1) is 11.8 Å². The van der Waals surface area contributed by atoms with Crippen molar-refractivity contribution in [3.8, 4) is 0 Å². The number of rotatable bonds is 6. The highest BCUT2D eigenvalue weighted by molar-refractivity contribution is 7.99. The number of piperidine rings is 1. The van der Waals surface area contributed by atoms with E-state index in [1.807, 2.05) is 11.8 Å². The minimum atomic E-state index is 0.727. The summed E-state index contributed by atoms with van der Waals surface area (Å²) in [5.74, 6) is 1.77. The van der Waals surface area contributed by atoms with Crippen LogP contribution in [-0.2, 0) is 4.74 Å². The molecule has 0 spiro atoms. The van der Waals surface area contributed by atoms with Gasteiger partial charge < -0.3 is 10.1 Å². The molecular formula is C14H21NOS. The van der Waals surface area contributed by atoms with Crippen molar-refractivity contribution in [3.05, 3.63) is 30.3 Å². The lowest BCUT2D eigenvalue weighted by Crippen LogP contribution is -2.32. The van der Waals surface area contributed by atoms with Crippen LogP contribution in [0.1, 0.15) is 12.8 Å². The quantitative estimate of drug-likeness (QED) is 0.620. The lowest BCUT2D eigenvalue weighted by molar-refractivity contribution is 0.102. The van der Waals surface area contributed by atoms with Gasteiger partial charge in [0, 0.05) is 17.2 Å². The van der Waals surface area contributed by atoms with E-state index in [9.17, 15) is 0 Å². The van der Waals surface area contributed by atoms with Crippen LogP contribution in [0.2, 0.25) is 0 Å². The summed E-state index contributed by atoms with van der Waals surface area (Å²) in [6, 6.07) is 10.5. The first-order valence-corrected chi connectivity index (χ1v) is 7.40. The van der Waals surface area contributed by atoms with E-state index in [2.05, 4.69) is 35.6 Å². The topological polar surface area (TPSA) is 21.3 Å². The van der Waals surface area contributed by atoms with E-state index in [1.165, 1.54) is 24.3 Å². The minimum Gasteiger partial charge on any atom is -0.380 e. The third kappa shape index (κ3) is 5.11. The van der Waals surface area contributed by atoms with Gasteiger partial charge in [0.15, 0.2) is 0 Å². The zero-order valence-electron chi connectivity index (χ0n) is 10.2. The molecular weight excluding hydrogens is 230 g/mol. The summed E-state index contributed by atoms with van der Waals surface area (Å²) >= 11 is 1.87. The summed E-state index contributed by atoms with van der Waals surface area (Å²) in [5, 5.41) is 3.42. The molecule has 0 bridgehead atoms. The average molecular weight is 251 g/mol. The zero-order chi connectivity index (χ0) is 11.8. The van der Waals surface area contributed by atoms with Crippen molar-refractivity contribution in [1.82, 2.24) is 5.32 Å². The monoisotopic (exact) mass is 251 g/mol. The average Bonchev–Trinajstić information content (AvgIpc) is 2.41. The Hall–Kier alpha value is -0.510. The van der Waals surface area contributed by atoms with Gasteiger partial charge in [0.2, 0.25) is 0 Å². The molecule has 2 rings (SSSR count). The summed E-state index contributed by atoms with van der Waals surface area (Å²) in [7, 11) is 0. The van der Waals surface area contributed by atoms with Gasteiger partial charge in [-0.2, -0.15) is 0 Å². The Labute approximate surface area is 108 Å². The molecule has 1 atom stereocenters. The molecule has 3 heteroatoms. The van der Waals surface area contributed by atoms with Crippen LogP contribution in [0.4, 0.5) is 0 Å². The zero-order valence-corrected chi connectivity index (χ0v) is 11.0. The molecule has 1 unspecified atom stereocenters. The maximum Gasteiger partial charge on any atom is 0.0560 e. The Morgan fingerprint density at radius 2 is 2.18 bits per heavy atom. The van der Waals surface area contributed by atoms with Crippen molar-refractivity contribution in [2.24, 2.45) is 5.92 Å². The van der Waals surface area contributed by atoms with Crippen molar-refractivity contribution in [2.45, 2.75) is 17.7 Å². The highest BCUT2D eigenvalue weighted by Gasteiger charge is 2.12. The van der Waals surface area contributed by atoms with Crippen molar-refractivity contribution in [1.29, 1.82) is 0 Å². The number of benzene rings is 1. The Morgan fingerprint density at radius 3 is 2.94 bits per heavy atom. The number of nitrogens with one attached hydrogen (secondary N) is 1. The van der Waals surface area contributed by atoms with Crippen molar-refractivity contribution >= 4 is 11.8 Å². The minimum absolute atomic E-state index is 0.727. The van der Waals surface area contributed by atoms with Gasteiger partial charge in [-0.3, -0.25) is 0 Å². The third-order valence-electron chi connectivity index (χ3n) is 2.99. The second kappa shape index (κ2) is 7.75. The molecule has 1 fully saturated rings. The molecule has 17 heavy (non-hydrogen) atoms. The predicted molar refractivity (Wildman–Crippen MR) is 73.6 cm³/mol.